The van der Waals surface area contributed by atoms with Gasteiger partial charge in [-0.05, 0) is 11.1 Å². The van der Waals surface area contributed by atoms with Gasteiger partial charge in [0.05, 0.1) is 2.74 Å². The van der Waals surface area contributed by atoms with E-state index in [-0.39, 0.29) is 6.61 Å². The third kappa shape index (κ3) is 3.50. The first-order valence-corrected chi connectivity index (χ1v) is 5.08. The van der Waals surface area contributed by atoms with Gasteiger partial charge in [0, 0.05) is 0 Å². The summed E-state index contributed by atoms with van der Waals surface area (Å²) >= 11 is 0. The topological polar surface area (TPSA) is 18.5 Å². The molecule has 0 aliphatic rings. The highest BCUT2D eigenvalue weighted by Gasteiger charge is 1.94. The molecule has 2 aromatic rings. The Balaban J connectivity index is 1.90. The van der Waals surface area contributed by atoms with Crippen LogP contribution in [0.3, 0.4) is 0 Å². The Kier molecular flexibility index (Phi) is 3.22. The van der Waals surface area contributed by atoms with Crippen LogP contribution in [0.4, 0.5) is 0 Å². The van der Waals surface area contributed by atoms with Crippen molar-refractivity contribution in [1.82, 2.24) is 0 Å². The Morgan fingerprint density at radius 3 is 1.94 bits per heavy atom. The second-order valence-corrected chi connectivity index (χ2v) is 3.30. The molecule has 16 heavy (non-hydrogen) atoms. The molecule has 0 atom stereocenters. The van der Waals surface area contributed by atoms with Crippen molar-refractivity contribution in [3.05, 3.63) is 71.8 Å². The van der Waals surface area contributed by atoms with Crippen LogP contribution in [0.15, 0.2) is 60.7 Å². The molecule has 2 aromatic carbocycles. The lowest BCUT2D eigenvalue weighted by molar-refractivity contribution is -0.313. The maximum Gasteiger partial charge on any atom is 0.107 e. The molecule has 2 nitrogen and oxygen atoms in total. The van der Waals surface area contributed by atoms with Crippen molar-refractivity contribution in [3.8, 4) is 0 Å². The lowest BCUT2D eigenvalue weighted by Crippen LogP contribution is -1.95. The average Bonchev–Trinajstić information content (AvgIpc) is 2.41. The molecular formula is C14H14O2. The highest BCUT2D eigenvalue weighted by molar-refractivity contribution is 5.14. The van der Waals surface area contributed by atoms with Crippen LogP contribution < -0.4 is 0 Å². The van der Waals surface area contributed by atoms with Gasteiger partial charge in [-0.3, -0.25) is 0 Å². The first kappa shape index (κ1) is 8.50. The van der Waals surface area contributed by atoms with Crippen LogP contribution >= 0.6 is 0 Å². The molecule has 0 radical (unpaired) electrons. The second-order valence-electron chi connectivity index (χ2n) is 3.30. The van der Waals surface area contributed by atoms with Crippen molar-refractivity contribution < 1.29 is 12.5 Å². The van der Waals surface area contributed by atoms with E-state index in [2.05, 4.69) is 0 Å². The third-order valence-electron chi connectivity index (χ3n) is 2.06. The molecule has 0 spiro atoms. The monoisotopic (exact) mass is 216 g/mol. The summed E-state index contributed by atoms with van der Waals surface area (Å²) < 4.78 is 15.5. The summed E-state index contributed by atoms with van der Waals surface area (Å²) in [6.07, 6.45) is 0. The van der Waals surface area contributed by atoms with Gasteiger partial charge in [-0.15, -0.1) is 0 Å². The molecule has 0 N–H and O–H groups in total. The Bertz CT molecular complexity index is 472. The summed E-state index contributed by atoms with van der Waals surface area (Å²) in [5.41, 5.74) is 1.36. The fourth-order valence-electron chi connectivity index (χ4n) is 1.26. The predicted octanol–water partition coefficient (Wildman–Crippen LogP) is 3.34. The SMILES string of the molecule is [2H]C([2H])(OOCc1ccccc1)c1ccccc1. The van der Waals surface area contributed by atoms with Crippen molar-refractivity contribution in [3.63, 3.8) is 0 Å². The van der Waals surface area contributed by atoms with Gasteiger partial charge in [-0.25, -0.2) is 9.78 Å². The highest BCUT2D eigenvalue weighted by Crippen LogP contribution is 2.04. The van der Waals surface area contributed by atoms with Crippen LogP contribution in [0.1, 0.15) is 13.9 Å². The van der Waals surface area contributed by atoms with Gasteiger partial charge in [0.15, 0.2) is 0 Å². The maximum atomic E-state index is 7.75. The minimum Gasteiger partial charge on any atom is -0.232 e. The number of rotatable bonds is 5. The molecule has 2 rings (SSSR count). The predicted molar refractivity (Wildman–Crippen MR) is 62.5 cm³/mol. The van der Waals surface area contributed by atoms with Gasteiger partial charge in [0.25, 0.3) is 0 Å². The lowest BCUT2D eigenvalue weighted by atomic mass is 10.2. The van der Waals surface area contributed by atoms with Gasteiger partial charge in [-0.2, -0.15) is 0 Å². The van der Waals surface area contributed by atoms with Crippen LogP contribution in [0.25, 0.3) is 0 Å². The molecule has 0 amide bonds. The second kappa shape index (κ2) is 6.05. The van der Waals surface area contributed by atoms with Crippen LogP contribution in [-0.2, 0) is 22.9 Å². The fourth-order valence-corrected chi connectivity index (χ4v) is 1.26. The molecule has 0 bridgehead atoms. The lowest BCUT2D eigenvalue weighted by Gasteiger charge is -2.04. The summed E-state index contributed by atoms with van der Waals surface area (Å²) in [5, 5.41) is 0. The highest BCUT2D eigenvalue weighted by atomic mass is 17.2. The van der Waals surface area contributed by atoms with E-state index in [0.29, 0.717) is 5.56 Å². The first-order chi connectivity index (χ1) is 8.68. The van der Waals surface area contributed by atoms with Crippen LogP contribution in [-0.4, -0.2) is 0 Å². The quantitative estimate of drug-likeness (QED) is 0.563. The molecule has 0 saturated heterocycles. The van der Waals surface area contributed by atoms with Crippen molar-refractivity contribution in [2.24, 2.45) is 0 Å². The van der Waals surface area contributed by atoms with Gasteiger partial charge in [0.1, 0.15) is 13.2 Å². The van der Waals surface area contributed by atoms with E-state index in [9.17, 15) is 0 Å². The normalized spacial score (nSPS) is 13.0. The first-order valence-electron chi connectivity index (χ1n) is 6.08. The van der Waals surface area contributed by atoms with Gasteiger partial charge >= 0.3 is 0 Å². The molecule has 0 fully saturated rings. The maximum absolute atomic E-state index is 7.75. The zero-order valence-corrected chi connectivity index (χ0v) is 8.80. The Hall–Kier alpha value is -1.64. The summed E-state index contributed by atoms with van der Waals surface area (Å²) in [5.74, 6) is 0. The standard InChI is InChI=1S/C14H14O2/c1-3-7-13(8-4-1)11-15-16-12-14-9-5-2-6-10-14/h1-10H,11-12H2/i11D2. The molecule has 0 aliphatic heterocycles. The molecular weight excluding hydrogens is 200 g/mol. The molecule has 0 unspecified atom stereocenters. The fraction of sp³-hybridized carbons (Fsp3) is 0.143. The van der Waals surface area contributed by atoms with Gasteiger partial charge in [0.2, 0.25) is 0 Å². The van der Waals surface area contributed by atoms with Crippen LogP contribution in [0.5, 0.6) is 0 Å². The summed E-state index contributed by atoms with van der Waals surface area (Å²) in [6.45, 7) is -1.73. The molecule has 0 aliphatic carbocycles. The minimum absolute atomic E-state index is 0.215. The molecule has 82 valence electrons. The number of hydrogen-bond acceptors (Lipinski definition) is 2. The van der Waals surface area contributed by atoms with E-state index in [1.165, 1.54) is 0 Å². The van der Waals surface area contributed by atoms with Crippen molar-refractivity contribution >= 4 is 0 Å². The Morgan fingerprint density at radius 1 is 0.750 bits per heavy atom. The zero-order chi connectivity index (χ0) is 12.8. The van der Waals surface area contributed by atoms with E-state index in [0.717, 1.165) is 5.56 Å². The minimum atomic E-state index is -1.95. The van der Waals surface area contributed by atoms with E-state index in [1.807, 2.05) is 36.4 Å². The average molecular weight is 216 g/mol. The van der Waals surface area contributed by atoms with Crippen molar-refractivity contribution in [2.45, 2.75) is 13.2 Å². The molecule has 0 aromatic heterocycles. The Labute approximate surface area is 98.2 Å². The van der Waals surface area contributed by atoms with E-state index >= 15 is 0 Å². The van der Waals surface area contributed by atoms with Crippen molar-refractivity contribution in [1.29, 1.82) is 0 Å². The van der Waals surface area contributed by atoms with E-state index in [4.69, 9.17) is 12.5 Å². The summed E-state index contributed by atoms with van der Waals surface area (Å²) in [4.78, 5) is 9.82. The molecule has 0 saturated carbocycles. The summed E-state index contributed by atoms with van der Waals surface area (Å²) in [7, 11) is 0. The summed E-state index contributed by atoms with van der Waals surface area (Å²) in [6, 6.07) is 18.1. The zero-order valence-electron chi connectivity index (χ0n) is 10.8. The van der Waals surface area contributed by atoms with Crippen LogP contribution in [0.2, 0.25) is 0 Å². The van der Waals surface area contributed by atoms with E-state index in [1.54, 1.807) is 24.3 Å². The molecule has 2 heteroatoms. The molecule has 0 heterocycles. The van der Waals surface area contributed by atoms with Crippen molar-refractivity contribution in [2.75, 3.05) is 0 Å². The van der Waals surface area contributed by atoms with E-state index < -0.39 is 6.56 Å². The smallest absolute Gasteiger partial charge is 0.107 e. The van der Waals surface area contributed by atoms with Crippen LogP contribution in [0, 0.1) is 0 Å². The Morgan fingerprint density at radius 2 is 1.31 bits per heavy atom. The number of hydrogen-bond donors (Lipinski definition) is 0. The largest absolute Gasteiger partial charge is 0.232 e. The third-order valence-corrected chi connectivity index (χ3v) is 2.06. The number of benzene rings is 2. The van der Waals surface area contributed by atoms with Gasteiger partial charge in [-0.1, -0.05) is 60.7 Å². The van der Waals surface area contributed by atoms with Gasteiger partial charge < -0.3 is 0 Å².